The van der Waals surface area contributed by atoms with Gasteiger partial charge in [0.05, 0.1) is 12.6 Å². The molecule has 102 valence electrons. The lowest BCUT2D eigenvalue weighted by Gasteiger charge is -2.29. The molecule has 1 heterocycles. The Morgan fingerprint density at radius 1 is 1.22 bits per heavy atom. The van der Waals surface area contributed by atoms with Crippen molar-refractivity contribution in [2.45, 2.75) is 18.9 Å². The molecule has 0 radical (unpaired) electrons. The summed E-state index contributed by atoms with van der Waals surface area (Å²) in [6.45, 7) is 0.0397. The van der Waals surface area contributed by atoms with E-state index in [1.165, 1.54) is 4.90 Å². The van der Waals surface area contributed by atoms with Gasteiger partial charge >= 0.3 is 12.0 Å². The highest BCUT2D eigenvalue weighted by atomic mass is 16.4. The molecule has 1 atom stereocenters. The number of aliphatic hydroxyl groups is 1. The molecule has 0 aromatic carbocycles. The summed E-state index contributed by atoms with van der Waals surface area (Å²) in [5.74, 6) is -1.71. The molecule has 18 heavy (non-hydrogen) atoms. The summed E-state index contributed by atoms with van der Waals surface area (Å²) in [4.78, 5) is 34.4. The quantitative estimate of drug-likeness (QED) is 0.482. The van der Waals surface area contributed by atoms with Crippen molar-refractivity contribution in [2.24, 2.45) is 0 Å². The molecular formula is C10H17N3O5. The van der Waals surface area contributed by atoms with Crippen molar-refractivity contribution in [3.63, 3.8) is 0 Å². The number of carbonyl (C=O) groups is 3. The number of amides is 3. The third kappa shape index (κ3) is 5.00. The topological polar surface area (TPSA) is 119 Å². The van der Waals surface area contributed by atoms with Crippen LogP contribution >= 0.6 is 0 Å². The maximum atomic E-state index is 11.6. The minimum Gasteiger partial charge on any atom is -0.480 e. The van der Waals surface area contributed by atoms with Crippen LogP contribution in [0.2, 0.25) is 0 Å². The number of aliphatic carboxylic acids is 1. The van der Waals surface area contributed by atoms with Crippen molar-refractivity contribution in [1.82, 2.24) is 15.5 Å². The largest absolute Gasteiger partial charge is 0.480 e. The van der Waals surface area contributed by atoms with E-state index in [-0.39, 0.29) is 13.1 Å². The van der Waals surface area contributed by atoms with E-state index in [0.717, 1.165) is 6.42 Å². The first-order valence-electron chi connectivity index (χ1n) is 5.68. The monoisotopic (exact) mass is 259 g/mol. The molecule has 0 bridgehead atoms. The second-order valence-electron chi connectivity index (χ2n) is 4.07. The maximum Gasteiger partial charge on any atom is 0.322 e. The van der Waals surface area contributed by atoms with Crippen molar-refractivity contribution >= 4 is 17.9 Å². The molecule has 0 aromatic heterocycles. The third-order valence-corrected chi connectivity index (χ3v) is 2.52. The number of carbonyl (C=O) groups excluding carboxylic acids is 2. The number of carboxylic acid groups (broad SMARTS) is 1. The zero-order chi connectivity index (χ0) is 13.5. The highest BCUT2D eigenvalue weighted by Gasteiger charge is 2.22. The molecule has 1 aliphatic heterocycles. The molecule has 3 amide bonds. The van der Waals surface area contributed by atoms with E-state index in [4.69, 9.17) is 5.11 Å². The minimum absolute atomic E-state index is 0.253. The lowest BCUT2D eigenvalue weighted by molar-refractivity contribution is -0.137. The average molecular weight is 259 g/mol. The number of hydrogen-bond donors (Lipinski definition) is 4. The highest BCUT2D eigenvalue weighted by molar-refractivity contribution is 5.86. The number of piperidine rings is 1. The van der Waals surface area contributed by atoms with Gasteiger partial charge in [-0.2, -0.15) is 0 Å². The Balaban J connectivity index is 2.23. The predicted octanol–water partition coefficient (Wildman–Crippen LogP) is -1.65. The summed E-state index contributed by atoms with van der Waals surface area (Å²) in [7, 11) is 0. The van der Waals surface area contributed by atoms with Gasteiger partial charge in [0.2, 0.25) is 5.91 Å². The van der Waals surface area contributed by atoms with Crippen LogP contribution in [0.1, 0.15) is 12.8 Å². The van der Waals surface area contributed by atoms with Gasteiger partial charge in [0, 0.05) is 13.1 Å². The zero-order valence-corrected chi connectivity index (χ0v) is 9.89. The van der Waals surface area contributed by atoms with E-state index in [2.05, 4.69) is 10.6 Å². The molecule has 0 saturated carbocycles. The fraction of sp³-hybridized carbons (Fsp3) is 0.700. The molecule has 1 saturated heterocycles. The van der Waals surface area contributed by atoms with Crippen LogP contribution in [0.5, 0.6) is 0 Å². The van der Waals surface area contributed by atoms with Gasteiger partial charge in [-0.3, -0.25) is 9.59 Å². The predicted molar refractivity (Wildman–Crippen MR) is 60.9 cm³/mol. The third-order valence-electron chi connectivity index (χ3n) is 2.52. The first-order chi connectivity index (χ1) is 8.49. The second kappa shape index (κ2) is 6.80. The molecule has 1 aliphatic rings. The fourth-order valence-electron chi connectivity index (χ4n) is 1.64. The van der Waals surface area contributed by atoms with Crippen LogP contribution in [0.25, 0.3) is 0 Å². The van der Waals surface area contributed by atoms with Gasteiger partial charge in [0.1, 0.15) is 6.54 Å². The number of rotatable bonds is 4. The molecular weight excluding hydrogens is 242 g/mol. The van der Waals surface area contributed by atoms with Crippen LogP contribution in [0.4, 0.5) is 4.79 Å². The summed E-state index contributed by atoms with van der Waals surface area (Å²) in [6, 6.07) is -0.431. The van der Waals surface area contributed by atoms with Crippen LogP contribution in [-0.4, -0.2) is 65.3 Å². The van der Waals surface area contributed by atoms with Crippen molar-refractivity contribution in [3.05, 3.63) is 0 Å². The van der Waals surface area contributed by atoms with Gasteiger partial charge in [-0.25, -0.2) is 4.79 Å². The molecule has 1 fully saturated rings. The Bertz CT molecular complexity index is 333. The summed E-state index contributed by atoms with van der Waals surface area (Å²) in [5, 5.41) is 22.2. The summed E-state index contributed by atoms with van der Waals surface area (Å²) in [5.41, 5.74) is 0. The normalized spacial score (nSPS) is 19.2. The first kappa shape index (κ1) is 14.2. The van der Waals surface area contributed by atoms with Gasteiger partial charge in [0.15, 0.2) is 0 Å². The van der Waals surface area contributed by atoms with E-state index in [1.807, 2.05) is 0 Å². The summed E-state index contributed by atoms with van der Waals surface area (Å²) in [6.07, 6.45) is 0.869. The molecule has 8 heteroatoms. The molecule has 8 nitrogen and oxygen atoms in total. The van der Waals surface area contributed by atoms with E-state index in [9.17, 15) is 19.5 Å². The van der Waals surface area contributed by atoms with Crippen molar-refractivity contribution < 1.29 is 24.6 Å². The van der Waals surface area contributed by atoms with Crippen molar-refractivity contribution in [2.75, 3.05) is 26.2 Å². The standard InChI is InChI=1S/C10H17N3O5/c14-7-2-1-3-13(6-7)10(18)12-4-8(15)11-5-9(16)17/h7,14H,1-6H2,(H,11,15)(H,12,18)(H,16,17). The van der Waals surface area contributed by atoms with Crippen molar-refractivity contribution in [3.8, 4) is 0 Å². The lowest BCUT2D eigenvalue weighted by atomic mass is 10.1. The number of aliphatic hydroxyl groups excluding tert-OH is 1. The van der Waals surface area contributed by atoms with Crippen LogP contribution < -0.4 is 10.6 Å². The molecule has 0 spiro atoms. The average Bonchev–Trinajstić information content (AvgIpc) is 2.33. The van der Waals surface area contributed by atoms with Crippen LogP contribution in [0.3, 0.4) is 0 Å². The molecule has 0 aliphatic carbocycles. The Kier molecular flexibility index (Phi) is 5.37. The molecule has 4 N–H and O–H groups in total. The van der Waals surface area contributed by atoms with Gasteiger partial charge in [-0.15, -0.1) is 0 Å². The molecule has 1 rings (SSSR count). The summed E-state index contributed by atoms with van der Waals surface area (Å²) >= 11 is 0. The van der Waals surface area contributed by atoms with Crippen LogP contribution in [-0.2, 0) is 9.59 Å². The number of hydrogen-bond acceptors (Lipinski definition) is 4. The minimum atomic E-state index is -1.14. The maximum absolute atomic E-state index is 11.6. The number of urea groups is 1. The van der Waals surface area contributed by atoms with E-state index in [0.29, 0.717) is 13.0 Å². The van der Waals surface area contributed by atoms with Gasteiger partial charge in [0.25, 0.3) is 0 Å². The number of nitrogens with zero attached hydrogens (tertiary/aromatic N) is 1. The smallest absolute Gasteiger partial charge is 0.322 e. The highest BCUT2D eigenvalue weighted by Crippen LogP contribution is 2.09. The van der Waals surface area contributed by atoms with E-state index < -0.39 is 30.6 Å². The fourth-order valence-corrected chi connectivity index (χ4v) is 1.64. The lowest BCUT2D eigenvalue weighted by Crippen LogP contribution is -2.49. The molecule has 0 aromatic rings. The van der Waals surface area contributed by atoms with Gasteiger partial charge in [-0.05, 0) is 12.8 Å². The van der Waals surface area contributed by atoms with E-state index >= 15 is 0 Å². The van der Waals surface area contributed by atoms with Gasteiger partial charge < -0.3 is 25.7 Å². The Morgan fingerprint density at radius 3 is 2.56 bits per heavy atom. The Hall–Kier alpha value is -1.83. The summed E-state index contributed by atoms with van der Waals surface area (Å²) < 4.78 is 0. The number of likely N-dealkylation sites (tertiary alicyclic amines) is 1. The Labute approximate surface area is 104 Å². The Morgan fingerprint density at radius 2 is 1.94 bits per heavy atom. The number of nitrogens with one attached hydrogen (secondary N) is 2. The number of carboxylic acids is 1. The zero-order valence-electron chi connectivity index (χ0n) is 9.89. The van der Waals surface area contributed by atoms with Gasteiger partial charge in [-0.1, -0.05) is 0 Å². The van der Waals surface area contributed by atoms with Crippen LogP contribution in [0.15, 0.2) is 0 Å². The van der Waals surface area contributed by atoms with Crippen molar-refractivity contribution in [1.29, 1.82) is 0 Å². The first-order valence-corrected chi connectivity index (χ1v) is 5.68. The molecule has 1 unspecified atom stereocenters. The van der Waals surface area contributed by atoms with Crippen LogP contribution in [0, 0.1) is 0 Å². The second-order valence-corrected chi connectivity index (χ2v) is 4.07. The van der Waals surface area contributed by atoms with E-state index in [1.54, 1.807) is 0 Å². The number of β-amino-alcohol motifs (C(OH)–C–C–N with tert-alkyl or cyclic N) is 1. The SMILES string of the molecule is O=C(O)CNC(=O)CNC(=O)N1CCCC(O)C1.